The third-order valence-electron chi connectivity index (χ3n) is 1.99. The Morgan fingerprint density at radius 1 is 1.33 bits per heavy atom. The minimum atomic E-state index is -0.231. The molecular weight excluding hydrogens is 150 g/mol. The van der Waals surface area contributed by atoms with Gasteiger partial charge in [-0.25, -0.2) is 0 Å². The van der Waals surface area contributed by atoms with E-state index in [-0.39, 0.29) is 11.3 Å². The van der Waals surface area contributed by atoms with Crippen LogP contribution < -0.4 is 0 Å². The van der Waals surface area contributed by atoms with E-state index in [1.165, 1.54) is 0 Å². The monoisotopic (exact) mass is 167 g/mol. The van der Waals surface area contributed by atoms with Gasteiger partial charge in [0, 0.05) is 18.5 Å². The Hall–Kier alpha value is -0.790. The number of carbonyl (C=O) groups is 1. The van der Waals surface area contributed by atoms with Crippen molar-refractivity contribution in [2.45, 2.75) is 27.2 Å². The molecule has 0 aromatic heterocycles. The fourth-order valence-corrected chi connectivity index (χ4v) is 1.30. The van der Waals surface area contributed by atoms with Crippen molar-refractivity contribution in [3.63, 3.8) is 0 Å². The Morgan fingerprint density at radius 2 is 2.00 bits per heavy atom. The van der Waals surface area contributed by atoms with Crippen LogP contribution in [0.1, 0.15) is 27.2 Å². The zero-order chi connectivity index (χ0) is 9.19. The van der Waals surface area contributed by atoms with Gasteiger partial charge in [-0.3, -0.25) is 4.79 Å². The maximum atomic E-state index is 11.7. The summed E-state index contributed by atoms with van der Waals surface area (Å²) >= 11 is 0. The fraction of sp³-hybridized carbons (Fsp3) is 0.700. The van der Waals surface area contributed by atoms with E-state index in [1.54, 1.807) is 0 Å². The van der Waals surface area contributed by atoms with Crippen LogP contribution in [0.4, 0.5) is 0 Å². The zero-order valence-corrected chi connectivity index (χ0v) is 8.13. The molecule has 0 aromatic rings. The van der Waals surface area contributed by atoms with Crippen molar-refractivity contribution >= 4 is 5.91 Å². The van der Waals surface area contributed by atoms with Gasteiger partial charge in [-0.1, -0.05) is 32.9 Å². The van der Waals surface area contributed by atoms with Crippen LogP contribution in [-0.2, 0) is 4.79 Å². The summed E-state index contributed by atoms with van der Waals surface area (Å²) in [5.74, 6) is 0.256. The number of nitrogens with zero attached hydrogens (tertiary/aromatic N) is 1. The second-order valence-electron chi connectivity index (χ2n) is 4.26. The molecule has 0 atom stereocenters. The van der Waals surface area contributed by atoms with Crippen LogP contribution in [0, 0.1) is 5.41 Å². The van der Waals surface area contributed by atoms with Gasteiger partial charge in [0.05, 0.1) is 0 Å². The first-order valence-electron chi connectivity index (χ1n) is 4.46. The van der Waals surface area contributed by atoms with E-state index < -0.39 is 0 Å². The average molecular weight is 167 g/mol. The Labute approximate surface area is 74.2 Å². The molecule has 0 unspecified atom stereocenters. The number of carbonyl (C=O) groups excluding carboxylic acids is 1. The third-order valence-corrected chi connectivity index (χ3v) is 1.99. The Balaban J connectivity index is 2.59. The second kappa shape index (κ2) is 3.30. The molecule has 1 amide bonds. The van der Waals surface area contributed by atoms with Crippen LogP contribution in [0.5, 0.6) is 0 Å². The van der Waals surface area contributed by atoms with Crippen molar-refractivity contribution in [2.75, 3.05) is 13.1 Å². The molecule has 0 N–H and O–H groups in total. The highest BCUT2D eigenvalue weighted by atomic mass is 16.2. The van der Waals surface area contributed by atoms with Crippen LogP contribution in [0.15, 0.2) is 12.2 Å². The van der Waals surface area contributed by atoms with Gasteiger partial charge in [0.1, 0.15) is 0 Å². The molecule has 0 saturated heterocycles. The molecule has 0 radical (unpaired) electrons. The lowest BCUT2D eigenvalue weighted by atomic mass is 9.94. The van der Waals surface area contributed by atoms with Gasteiger partial charge >= 0.3 is 0 Å². The van der Waals surface area contributed by atoms with Crippen LogP contribution in [0.2, 0.25) is 0 Å². The molecule has 0 aromatic carbocycles. The molecule has 0 fully saturated rings. The van der Waals surface area contributed by atoms with E-state index in [0.29, 0.717) is 0 Å². The molecule has 2 nitrogen and oxygen atoms in total. The first-order chi connectivity index (χ1) is 5.52. The summed E-state index contributed by atoms with van der Waals surface area (Å²) in [6.45, 7) is 7.57. The van der Waals surface area contributed by atoms with Crippen molar-refractivity contribution in [2.24, 2.45) is 5.41 Å². The molecule has 12 heavy (non-hydrogen) atoms. The van der Waals surface area contributed by atoms with Crippen LogP contribution in [0.25, 0.3) is 0 Å². The lowest BCUT2D eigenvalue weighted by Crippen LogP contribution is -2.41. The smallest absolute Gasteiger partial charge is 0.228 e. The van der Waals surface area contributed by atoms with Crippen molar-refractivity contribution in [1.82, 2.24) is 4.90 Å². The maximum absolute atomic E-state index is 11.7. The van der Waals surface area contributed by atoms with Crippen LogP contribution >= 0.6 is 0 Å². The lowest BCUT2D eigenvalue weighted by Gasteiger charge is -2.30. The summed E-state index contributed by atoms with van der Waals surface area (Å²) in [6.07, 6.45) is 5.20. The first-order valence-corrected chi connectivity index (χ1v) is 4.46. The van der Waals surface area contributed by atoms with E-state index in [0.717, 1.165) is 19.5 Å². The van der Waals surface area contributed by atoms with Crippen LogP contribution in [0.3, 0.4) is 0 Å². The number of amides is 1. The highest BCUT2D eigenvalue weighted by Crippen LogP contribution is 2.18. The van der Waals surface area contributed by atoms with Gasteiger partial charge in [-0.2, -0.15) is 0 Å². The number of rotatable bonds is 0. The van der Waals surface area contributed by atoms with Crippen molar-refractivity contribution in [3.05, 3.63) is 12.2 Å². The molecule has 1 rings (SSSR count). The first kappa shape index (κ1) is 9.30. The highest BCUT2D eigenvalue weighted by Gasteiger charge is 2.26. The predicted octanol–water partition coefficient (Wildman–Crippen LogP) is 1.82. The number of hydrogen-bond donors (Lipinski definition) is 0. The minimum absolute atomic E-state index is 0.231. The molecule has 0 spiro atoms. The summed E-state index contributed by atoms with van der Waals surface area (Å²) in [5.41, 5.74) is -0.231. The molecule has 1 aliphatic rings. The fourth-order valence-electron chi connectivity index (χ4n) is 1.30. The summed E-state index contributed by atoms with van der Waals surface area (Å²) < 4.78 is 0. The van der Waals surface area contributed by atoms with Gasteiger partial charge in [0.15, 0.2) is 0 Å². The van der Waals surface area contributed by atoms with E-state index in [1.807, 2.05) is 25.7 Å². The van der Waals surface area contributed by atoms with Gasteiger partial charge in [0.2, 0.25) is 5.91 Å². The molecule has 0 bridgehead atoms. The SMILES string of the molecule is CC(C)(C)C(=O)N1CC=CCC1. The predicted molar refractivity (Wildman–Crippen MR) is 49.8 cm³/mol. The summed E-state index contributed by atoms with van der Waals surface area (Å²) in [6, 6.07) is 0. The number of hydrogen-bond acceptors (Lipinski definition) is 1. The molecule has 1 aliphatic heterocycles. The summed E-state index contributed by atoms with van der Waals surface area (Å²) in [7, 11) is 0. The molecular formula is C10H17NO. The van der Waals surface area contributed by atoms with Gasteiger partial charge in [-0.05, 0) is 6.42 Å². The summed E-state index contributed by atoms with van der Waals surface area (Å²) in [5, 5.41) is 0. The average Bonchev–Trinajstić information content (AvgIpc) is 2.03. The summed E-state index contributed by atoms with van der Waals surface area (Å²) in [4.78, 5) is 13.6. The van der Waals surface area contributed by atoms with Gasteiger partial charge in [0.25, 0.3) is 0 Å². The Bertz CT molecular complexity index is 200. The van der Waals surface area contributed by atoms with E-state index in [9.17, 15) is 4.79 Å². The molecule has 1 heterocycles. The topological polar surface area (TPSA) is 20.3 Å². The highest BCUT2D eigenvalue weighted by molar-refractivity contribution is 5.81. The van der Waals surface area contributed by atoms with Gasteiger partial charge in [-0.15, -0.1) is 0 Å². The van der Waals surface area contributed by atoms with E-state index in [2.05, 4.69) is 12.2 Å². The van der Waals surface area contributed by atoms with Crippen molar-refractivity contribution in [3.8, 4) is 0 Å². The van der Waals surface area contributed by atoms with Crippen LogP contribution in [-0.4, -0.2) is 23.9 Å². The largest absolute Gasteiger partial charge is 0.338 e. The van der Waals surface area contributed by atoms with Crippen molar-refractivity contribution < 1.29 is 4.79 Å². The Kier molecular flexibility index (Phi) is 2.55. The quantitative estimate of drug-likeness (QED) is 0.504. The molecule has 0 aliphatic carbocycles. The molecule has 68 valence electrons. The molecule has 0 saturated carbocycles. The third kappa shape index (κ3) is 2.10. The standard InChI is InChI=1S/C10H17NO/c1-10(2,3)9(12)11-7-5-4-6-8-11/h4-5H,6-8H2,1-3H3. The van der Waals surface area contributed by atoms with E-state index in [4.69, 9.17) is 0 Å². The second-order valence-corrected chi connectivity index (χ2v) is 4.26. The van der Waals surface area contributed by atoms with Crippen molar-refractivity contribution in [1.29, 1.82) is 0 Å². The zero-order valence-electron chi connectivity index (χ0n) is 8.13. The lowest BCUT2D eigenvalue weighted by molar-refractivity contribution is -0.139. The minimum Gasteiger partial charge on any atom is -0.338 e. The van der Waals surface area contributed by atoms with E-state index >= 15 is 0 Å². The maximum Gasteiger partial charge on any atom is 0.228 e. The molecule has 2 heteroatoms. The van der Waals surface area contributed by atoms with Gasteiger partial charge < -0.3 is 4.90 Å². The Morgan fingerprint density at radius 3 is 2.42 bits per heavy atom. The normalized spacial score (nSPS) is 18.1.